The zero-order chi connectivity index (χ0) is 27.6. The second-order valence-corrected chi connectivity index (χ2v) is 10.6. The SMILES string of the molecule is C=S(=O)(F)Oc1ccc(OC(Oc2ccc(OS(=O)(=O)F)cc2)c2ccc3c(c2)Cc2ccccc2O3)cc1. The zero-order valence-corrected chi connectivity index (χ0v) is 21.6. The van der Waals surface area contributed by atoms with Crippen LogP contribution in [0.4, 0.5) is 7.77 Å². The quantitative estimate of drug-likeness (QED) is 0.120. The van der Waals surface area contributed by atoms with Gasteiger partial charge < -0.3 is 22.6 Å². The van der Waals surface area contributed by atoms with Crippen molar-refractivity contribution in [2.45, 2.75) is 12.7 Å². The summed E-state index contributed by atoms with van der Waals surface area (Å²) in [5.74, 6) is 4.60. The van der Waals surface area contributed by atoms with Crippen LogP contribution >= 0.6 is 0 Å². The highest BCUT2D eigenvalue weighted by Crippen LogP contribution is 2.38. The Kier molecular flexibility index (Phi) is 7.06. The number of fused-ring (bicyclic) bond motifs is 2. The van der Waals surface area contributed by atoms with Gasteiger partial charge >= 0.3 is 10.5 Å². The molecule has 4 aromatic rings. The van der Waals surface area contributed by atoms with Crippen molar-refractivity contribution in [3.05, 3.63) is 108 Å². The molecule has 0 aliphatic carbocycles. The molecule has 2 atom stereocenters. The van der Waals surface area contributed by atoms with E-state index in [1.54, 1.807) is 12.1 Å². The van der Waals surface area contributed by atoms with Crippen LogP contribution in [0.25, 0.3) is 0 Å². The standard InChI is InChI=1S/C27H20F2O8S2/c1-38(28,30)36-23-11-7-21(8-12-23)33-27(34-22-9-13-24(14-10-22)37-39(29,31)32)19-6-15-26-20(17-19)16-18-4-2-3-5-25(18)35-26/h2-15,17,27H,1,16H2. The van der Waals surface area contributed by atoms with Gasteiger partial charge in [0.2, 0.25) is 0 Å². The van der Waals surface area contributed by atoms with E-state index in [9.17, 15) is 20.4 Å². The average molecular weight is 575 g/mol. The second kappa shape index (κ2) is 10.5. The molecule has 0 radical (unpaired) electrons. The number of halogens is 2. The number of hydrogen-bond acceptors (Lipinski definition) is 8. The lowest BCUT2D eigenvalue weighted by atomic mass is 9.98. The first-order valence-electron chi connectivity index (χ1n) is 11.3. The number of benzene rings is 4. The topological polar surface area (TPSA) is 97.4 Å². The maximum absolute atomic E-state index is 13.3. The highest BCUT2D eigenvalue weighted by atomic mass is 32.3. The van der Waals surface area contributed by atoms with Gasteiger partial charge in [0.05, 0.1) is 0 Å². The van der Waals surface area contributed by atoms with Crippen LogP contribution in [0, 0.1) is 0 Å². The van der Waals surface area contributed by atoms with Crippen LogP contribution < -0.4 is 22.6 Å². The molecular weight excluding hydrogens is 554 g/mol. The Morgan fingerprint density at radius 2 is 1.23 bits per heavy atom. The van der Waals surface area contributed by atoms with Gasteiger partial charge in [0, 0.05) is 17.9 Å². The Morgan fingerprint density at radius 1 is 0.692 bits per heavy atom. The van der Waals surface area contributed by atoms with E-state index in [2.05, 4.69) is 14.2 Å². The van der Waals surface area contributed by atoms with Crippen molar-refractivity contribution >= 4 is 26.6 Å². The predicted octanol–water partition coefficient (Wildman–Crippen LogP) is 6.03. The first-order chi connectivity index (χ1) is 18.5. The van der Waals surface area contributed by atoms with Gasteiger partial charge in [-0.1, -0.05) is 22.1 Å². The smallest absolute Gasteiger partial charge is 0.457 e. The molecule has 1 aliphatic heterocycles. The Hall–Kier alpha value is -4.29. The molecule has 0 N–H and O–H groups in total. The minimum atomic E-state index is -5.17. The fourth-order valence-corrected chi connectivity index (χ4v) is 4.61. The van der Waals surface area contributed by atoms with Crippen LogP contribution in [0.15, 0.2) is 91.0 Å². The van der Waals surface area contributed by atoms with E-state index in [0.717, 1.165) is 16.9 Å². The fourth-order valence-electron chi connectivity index (χ4n) is 3.87. The van der Waals surface area contributed by atoms with E-state index in [0.29, 0.717) is 23.5 Å². The maximum atomic E-state index is 13.3. The molecule has 0 amide bonds. The summed E-state index contributed by atoms with van der Waals surface area (Å²) in [7, 11) is -9.37. The summed E-state index contributed by atoms with van der Waals surface area (Å²) in [5, 5.41) is 0. The summed E-state index contributed by atoms with van der Waals surface area (Å²) in [5.41, 5.74) is 2.54. The van der Waals surface area contributed by atoms with Crippen molar-refractivity contribution in [2.24, 2.45) is 0 Å². The molecule has 0 aromatic heterocycles. The third-order valence-electron chi connectivity index (χ3n) is 5.48. The molecule has 0 bridgehead atoms. The Morgan fingerprint density at radius 3 is 1.82 bits per heavy atom. The molecule has 1 aliphatic rings. The largest absolute Gasteiger partial charge is 0.488 e. The normalized spacial score (nSPS) is 14.5. The summed E-state index contributed by atoms with van der Waals surface area (Å²) < 4.78 is 85.8. The Bertz CT molecular complexity index is 1630. The average Bonchev–Trinajstić information content (AvgIpc) is 2.87. The van der Waals surface area contributed by atoms with Crippen molar-refractivity contribution in [2.75, 3.05) is 0 Å². The van der Waals surface area contributed by atoms with Crippen LogP contribution in [-0.2, 0) is 27.1 Å². The molecule has 202 valence electrons. The van der Waals surface area contributed by atoms with Gasteiger partial charge in [0.15, 0.2) is 0 Å². The molecule has 0 spiro atoms. The van der Waals surface area contributed by atoms with Crippen LogP contribution in [-0.4, -0.2) is 18.5 Å². The number of para-hydroxylation sites is 1. The van der Waals surface area contributed by atoms with Gasteiger partial charge in [-0.15, -0.1) is 3.89 Å². The lowest BCUT2D eigenvalue weighted by molar-refractivity contribution is 0.00367. The number of ether oxygens (including phenoxy) is 3. The Balaban J connectivity index is 1.42. The van der Waals surface area contributed by atoms with Gasteiger partial charge in [-0.2, -0.15) is 12.6 Å². The lowest BCUT2D eigenvalue weighted by Gasteiger charge is -2.24. The number of hydrogen-bond donors (Lipinski definition) is 0. The zero-order valence-electron chi connectivity index (χ0n) is 20.0. The van der Waals surface area contributed by atoms with Crippen molar-refractivity contribution in [3.63, 3.8) is 0 Å². The van der Waals surface area contributed by atoms with E-state index < -0.39 is 27.0 Å². The van der Waals surface area contributed by atoms with E-state index in [4.69, 9.17) is 14.2 Å². The van der Waals surface area contributed by atoms with Crippen LogP contribution in [0.1, 0.15) is 23.0 Å². The summed E-state index contributed by atoms with van der Waals surface area (Å²) in [4.78, 5) is 0. The minimum absolute atomic E-state index is 0.00897. The van der Waals surface area contributed by atoms with Crippen molar-refractivity contribution in [1.82, 2.24) is 0 Å². The molecule has 4 aromatic carbocycles. The molecule has 5 rings (SSSR count). The molecule has 1 heterocycles. The lowest BCUT2D eigenvalue weighted by Crippen LogP contribution is -2.16. The third-order valence-corrected chi connectivity index (χ3v) is 6.31. The van der Waals surface area contributed by atoms with E-state index in [1.165, 1.54) is 48.5 Å². The molecule has 0 saturated carbocycles. The van der Waals surface area contributed by atoms with Gasteiger partial charge in [-0.25, -0.2) is 0 Å². The minimum Gasteiger partial charge on any atom is -0.457 e. The first-order valence-corrected chi connectivity index (χ1v) is 14.2. The monoisotopic (exact) mass is 574 g/mol. The fraction of sp³-hybridized carbons (Fsp3) is 0.0741. The van der Waals surface area contributed by atoms with Crippen LogP contribution in [0.3, 0.4) is 0 Å². The van der Waals surface area contributed by atoms with Crippen molar-refractivity contribution in [1.29, 1.82) is 0 Å². The molecule has 12 heteroatoms. The van der Waals surface area contributed by atoms with Crippen LogP contribution in [0.5, 0.6) is 34.5 Å². The summed E-state index contributed by atoms with van der Waals surface area (Å²) in [6, 6.07) is 24.0. The van der Waals surface area contributed by atoms with Gasteiger partial charge in [-0.05, 0) is 83.9 Å². The van der Waals surface area contributed by atoms with Crippen molar-refractivity contribution < 1.29 is 43.0 Å². The predicted molar refractivity (Wildman–Crippen MR) is 140 cm³/mol. The van der Waals surface area contributed by atoms with E-state index in [-0.39, 0.29) is 17.2 Å². The third kappa shape index (κ3) is 6.98. The van der Waals surface area contributed by atoms with Gasteiger partial charge in [0.25, 0.3) is 16.5 Å². The summed E-state index contributed by atoms with van der Waals surface area (Å²) in [6.07, 6.45) is -0.399. The van der Waals surface area contributed by atoms with Gasteiger partial charge in [0.1, 0.15) is 34.5 Å². The van der Waals surface area contributed by atoms with E-state index >= 15 is 0 Å². The van der Waals surface area contributed by atoms with Gasteiger partial charge in [-0.3, -0.25) is 0 Å². The highest BCUT2D eigenvalue weighted by molar-refractivity contribution is 7.91. The Labute approximate surface area is 224 Å². The summed E-state index contributed by atoms with van der Waals surface area (Å²) in [6.45, 7) is 0. The van der Waals surface area contributed by atoms with Crippen LogP contribution in [0.2, 0.25) is 0 Å². The molecule has 39 heavy (non-hydrogen) atoms. The second-order valence-electron chi connectivity index (χ2n) is 8.36. The first kappa shape index (κ1) is 26.3. The molecule has 2 unspecified atom stereocenters. The summed E-state index contributed by atoms with van der Waals surface area (Å²) >= 11 is 0. The highest BCUT2D eigenvalue weighted by Gasteiger charge is 2.22. The van der Waals surface area contributed by atoms with Crippen molar-refractivity contribution in [3.8, 4) is 34.5 Å². The molecule has 8 nitrogen and oxygen atoms in total. The van der Waals surface area contributed by atoms with E-state index in [1.807, 2.05) is 30.3 Å². The number of rotatable bonds is 9. The maximum Gasteiger partial charge on any atom is 0.488 e. The molecule has 0 fully saturated rings. The molecular formula is C27H20F2O8S2. The molecule has 0 saturated heterocycles.